The first-order valence-electron chi connectivity index (χ1n) is 7.42. The van der Waals surface area contributed by atoms with Crippen molar-refractivity contribution in [3.8, 4) is 0 Å². The van der Waals surface area contributed by atoms with E-state index in [9.17, 15) is 0 Å². The normalized spacial score (nSPS) is 17.0. The lowest BCUT2D eigenvalue weighted by Gasteiger charge is -2.28. The molecule has 1 aliphatic carbocycles. The molecule has 2 heterocycles. The molecule has 1 unspecified atom stereocenters. The van der Waals surface area contributed by atoms with Crippen LogP contribution in [0.4, 0.5) is 0 Å². The van der Waals surface area contributed by atoms with Gasteiger partial charge in [-0.15, -0.1) is 11.3 Å². The molecule has 0 saturated heterocycles. The third-order valence-corrected chi connectivity index (χ3v) is 5.50. The summed E-state index contributed by atoms with van der Waals surface area (Å²) in [4.78, 5) is 11.8. The van der Waals surface area contributed by atoms with Gasteiger partial charge in [-0.3, -0.25) is 0 Å². The lowest BCUT2D eigenvalue weighted by molar-refractivity contribution is 0.00895. The van der Waals surface area contributed by atoms with Crippen LogP contribution in [0.5, 0.6) is 0 Å². The molecule has 0 fully saturated rings. The number of rotatable bonds is 2. The summed E-state index contributed by atoms with van der Waals surface area (Å²) in [5.41, 5.74) is 1.31. The number of hydrogen-bond acceptors (Lipinski definition) is 4. The van der Waals surface area contributed by atoms with E-state index in [1.54, 1.807) is 18.4 Å². The van der Waals surface area contributed by atoms with E-state index < -0.39 is 0 Å². The fourth-order valence-electron chi connectivity index (χ4n) is 3.09. The maximum absolute atomic E-state index is 6.49. The van der Waals surface area contributed by atoms with Crippen molar-refractivity contribution < 1.29 is 4.74 Å². The summed E-state index contributed by atoms with van der Waals surface area (Å²) in [7, 11) is 1.71. The number of thiophene rings is 1. The smallest absolute Gasteiger partial charge is 0.161 e. The maximum atomic E-state index is 6.49. The van der Waals surface area contributed by atoms with Gasteiger partial charge in [0.05, 0.1) is 5.39 Å². The minimum Gasteiger partial charge on any atom is -0.373 e. The topological polar surface area (TPSA) is 35.0 Å². The van der Waals surface area contributed by atoms with E-state index in [1.165, 1.54) is 23.3 Å². The minimum atomic E-state index is -0.154. The molecule has 0 aromatic carbocycles. The van der Waals surface area contributed by atoms with Crippen molar-refractivity contribution in [1.82, 2.24) is 9.97 Å². The van der Waals surface area contributed by atoms with Crippen molar-refractivity contribution in [2.75, 3.05) is 7.11 Å². The third-order valence-electron chi connectivity index (χ3n) is 4.04. The van der Waals surface area contributed by atoms with Crippen LogP contribution >= 0.6 is 22.9 Å². The van der Waals surface area contributed by atoms with Gasteiger partial charge in [0, 0.05) is 12.0 Å². The van der Waals surface area contributed by atoms with Crippen LogP contribution in [-0.4, -0.2) is 17.1 Å². The molecule has 0 saturated carbocycles. The highest BCUT2D eigenvalue weighted by molar-refractivity contribution is 7.19. The Morgan fingerprint density at radius 3 is 2.57 bits per heavy atom. The van der Waals surface area contributed by atoms with Crippen LogP contribution in [-0.2, 0) is 17.6 Å². The van der Waals surface area contributed by atoms with Crippen LogP contribution in [0.3, 0.4) is 0 Å². The molecule has 0 bridgehead atoms. The molecule has 2 aromatic heterocycles. The first-order chi connectivity index (χ1) is 9.91. The Morgan fingerprint density at radius 2 is 1.90 bits per heavy atom. The van der Waals surface area contributed by atoms with Gasteiger partial charge in [-0.2, -0.15) is 0 Å². The molecular weight excluding hydrogens is 304 g/mol. The summed E-state index contributed by atoms with van der Waals surface area (Å²) in [6.07, 6.45) is 4.60. The van der Waals surface area contributed by atoms with Crippen LogP contribution < -0.4 is 0 Å². The molecule has 21 heavy (non-hydrogen) atoms. The second kappa shape index (κ2) is 5.49. The zero-order valence-corrected chi connectivity index (χ0v) is 14.6. The fourth-order valence-corrected chi connectivity index (χ4v) is 4.71. The first-order valence-corrected chi connectivity index (χ1v) is 8.61. The fraction of sp³-hybridized carbons (Fsp3) is 0.625. The summed E-state index contributed by atoms with van der Waals surface area (Å²) in [6, 6.07) is 0. The summed E-state index contributed by atoms with van der Waals surface area (Å²) in [5, 5.41) is 1.66. The number of halogens is 1. The van der Waals surface area contributed by atoms with Crippen LogP contribution in [0.2, 0.25) is 5.15 Å². The van der Waals surface area contributed by atoms with Gasteiger partial charge >= 0.3 is 0 Å². The molecule has 0 amide bonds. The van der Waals surface area contributed by atoms with E-state index in [0.717, 1.165) is 23.1 Å². The summed E-state index contributed by atoms with van der Waals surface area (Å²) >= 11 is 8.27. The monoisotopic (exact) mass is 324 g/mol. The predicted octanol–water partition coefficient (Wildman–Crippen LogP) is 4.96. The molecule has 3 nitrogen and oxygen atoms in total. The van der Waals surface area contributed by atoms with Gasteiger partial charge in [0.25, 0.3) is 0 Å². The Kier molecular flexibility index (Phi) is 3.97. The molecule has 1 aliphatic rings. The van der Waals surface area contributed by atoms with Crippen molar-refractivity contribution in [2.45, 2.75) is 52.6 Å². The molecule has 3 rings (SSSR count). The Balaban J connectivity index is 2.15. The van der Waals surface area contributed by atoms with E-state index >= 15 is 0 Å². The van der Waals surface area contributed by atoms with E-state index in [4.69, 9.17) is 21.3 Å². The minimum absolute atomic E-state index is 0.0668. The molecule has 114 valence electrons. The number of methoxy groups -OCH3 is 1. The number of fused-ring (bicyclic) bond motifs is 3. The average molecular weight is 325 g/mol. The van der Waals surface area contributed by atoms with Gasteiger partial charge in [0.1, 0.15) is 16.1 Å². The van der Waals surface area contributed by atoms with E-state index in [0.29, 0.717) is 11.0 Å². The van der Waals surface area contributed by atoms with E-state index in [1.807, 2.05) is 0 Å². The summed E-state index contributed by atoms with van der Waals surface area (Å²) < 4.78 is 5.63. The van der Waals surface area contributed by atoms with Gasteiger partial charge in [-0.1, -0.05) is 32.4 Å². The van der Waals surface area contributed by atoms with Crippen molar-refractivity contribution in [3.63, 3.8) is 0 Å². The molecular formula is C16H21ClN2OS. The van der Waals surface area contributed by atoms with Gasteiger partial charge in [-0.25, -0.2) is 9.97 Å². The summed E-state index contributed by atoms with van der Waals surface area (Å²) in [5.74, 6) is 0.695. The predicted molar refractivity (Wildman–Crippen MR) is 88.3 cm³/mol. The highest BCUT2D eigenvalue weighted by Gasteiger charge is 2.30. The van der Waals surface area contributed by atoms with E-state index in [-0.39, 0.29) is 11.5 Å². The number of aromatic nitrogens is 2. The Labute approximate surface area is 134 Å². The van der Waals surface area contributed by atoms with Gasteiger partial charge in [0.2, 0.25) is 0 Å². The summed E-state index contributed by atoms with van der Waals surface area (Å²) in [6.45, 7) is 6.38. The van der Waals surface area contributed by atoms with Crippen molar-refractivity contribution >= 4 is 33.2 Å². The number of ether oxygens (including phenoxy) is 1. The van der Waals surface area contributed by atoms with Crippen LogP contribution in [0.1, 0.15) is 56.0 Å². The number of aryl methyl sites for hydroxylation is 2. The molecule has 0 spiro atoms. The Morgan fingerprint density at radius 1 is 1.19 bits per heavy atom. The highest BCUT2D eigenvalue weighted by atomic mass is 35.5. The largest absolute Gasteiger partial charge is 0.373 e. The lowest BCUT2D eigenvalue weighted by atomic mass is 9.88. The van der Waals surface area contributed by atoms with Gasteiger partial charge < -0.3 is 4.74 Å². The van der Waals surface area contributed by atoms with Crippen molar-refractivity contribution in [1.29, 1.82) is 0 Å². The lowest BCUT2D eigenvalue weighted by Crippen LogP contribution is -2.22. The second-order valence-corrected chi connectivity index (χ2v) is 8.19. The second-order valence-electron chi connectivity index (χ2n) is 6.75. The standard InChI is InChI=1S/C16H21ClN2OS/c1-16(2,3)12(20-4)14-18-13(17)11-9-7-5-6-8-10(9)21-15(11)19-14/h12H,5-8H2,1-4H3. The molecule has 5 heteroatoms. The molecule has 0 radical (unpaired) electrons. The van der Waals surface area contributed by atoms with Crippen LogP contribution in [0, 0.1) is 5.41 Å². The maximum Gasteiger partial charge on any atom is 0.161 e. The van der Waals surface area contributed by atoms with E-state index in [2.05, 4.69) is 25.8 Å². The molecule has 1 atom stereocenters. The molecule has 0 N–H and O–H groups in total. The average Bonchev–Trinajstić information content (AvgIpc) is 2.76. The quantitative estimate of drug-likeness (QED) is 0.732. The van der Waals surface area contributed by atoms with Gasteiger partial charge in [0.15, 0.2) is 5.82 Å². The number of hydrogen-bond donors (Lipinski definition) is 0. The molecule has 0 aliphatic heterocycles. The zero-order chi connectivity index (χ0) is 15.2. The van der Waals surface area contributed by atoms with Crippen LogP contribution in [0.15, 0.2) is 0 Å². The third kappa shape index (κ3) is 2.69. The SMILES string of the molecule is COC(c1nc(Cl)c2c3c(sc2n1)CCCC3)C(C)(C)C. The van der Waals surface area contributed by atoms with Crippen molar-refractivity contribution in [3.05, 3.63) is 21.4 Å². The Hall–Kier alpha value is -0.710. The van der Waals surface area contributed by atoms with Crippen molar-refractivity contribution in [2.24, 2.45) is 5.41 Å². The zero-order valence-electron chi connectivity index (χ0n) is 13.0. The number of nitrogens with zero attached hydrogens (tertiary/aromatic N) is 2. The highest BCUT2D eigenvalue weighted by Crippen LogP contribution is 2.41. The first kappa shape index (κ1) is 15.2. The molecule has 2 aromatic rings. The Bertz CT molecular complexity index is 675. The van der Waals surface area contributed by atoms with Gasteiger partial charge in [-0.05, 0) is 36.7 Å². The van der Waals surface area contributed by atoms with Crippen LogP contribution in [0.25, 0.3) is 10.2 Å².